The maximum absolute atomic E-state index is 10.2. The molecular formula is C7H14NNaO4. The van der Waals surface area contributed by atoms with E-state index in [9.17, 15) is 4.79 Å². The Morgan fingerprint density at radius 1 is 1.38 bits per heavy atom. The summed E-state index contributed by atoms with van der Waals surface area (Å²) in [5.74, 6) is -0.725. The predicted molar refractivity (Wildman–Crippen MR) is 41.4 cm³/mol. The normalized spacial score (nSPS) is 16.9. The molecule has 0 aromatic rings. The number of carboxylic acids is 1. The van der Waals surface area contributed by atoms with Gasteiger partial charge in [-0.3, -0.25) is 9.69 Å². The van der Waals surface area contributed by atoms with E-state index >= 15 is 0 Å². The van der Waals surface area contributed by atoms with Gasteiger partial charge in [0.15, 0.2) is 0 Å². The van der Waals surface area contributed by atoms with Gasteiger partial charge in [-0.15, -0.1) is 0 Å². The average Bonchev–Trinajstić information content (AvgIpc) is 2.03. The van der Waals surface area contributed by atoms with E-state index in [4.69, 9.17) is 9.84 Å². The van der Waals surface area contributed by atoms with Gasteiger partial charge < -0.3 is 15.3 Å². The number of hydrogen-bond donors (Lipinski definition) is 1. The topological polar surface area (TPSA) is 79.8 Å². The van der Waals surface area contributed by atoms with Crippen LogP contribution >= 0.6 is 0 Å². The quantitative estimate of drug-likeness (QED) is 0.480. The van der Waals surface area contributed by atoms with Crippen molar-refractivity contribution in [2.75, 3.05) is 32.8 Å². The molecule has 1 aliphatic heterocycles. The maximum Gasteiger partial charge on any atom is 1.00 e. The van der Waals surface area contributed by atoms with Crippen LogP contribution in [0.4, 0.5) is 0 Å². The van der Waals surface area contributed by atoms with E-state index in [2.05, 4.69) is 4.90 Å². The molecule has 0 spiro atoms. The SMILES string of the molecule is O=C(O)CCN1CCOCC1.[Na+].[OH-]. The Balaban J connectivity index is 0. The van der Waals surface area contributed by atoms with Crippen LogP contribution in [0, 0.1) is 0 Å². The third kappa shape index (κ3) is 7.42. The molecule has 0 unspecified atom stereocenters. The zero-order chi connectivity index (χ0) is 8.10. The Morgan fingerprint density at radius 2 is 1.92 bits per heavy atom. The van der Waals surface area contributed by atoms with Crippen LogP contribution in [-0.2, 0) is 9.53 Å². The fourth-order valence-electron chi connectivity index (χ4n) is 1.08. The van der Waals surface area contributed by atoms with Gasteiger partial charge in [-0.25, -0.2) is 0 Å². The summed E-state index contributed by atoms with van der Waals surface area (Å²) < 4.78 is 5.12. The zero-order valence-corrected chi connectivity index (χ0v) is 9.90. The van der Waals surface area contributed by atoms with Gasteiger partial charge >= 0.3 is 35.5 Å². The molecule has 1 saturated heterocycles. The van der Waals surface area contributed by atoms with Crippen LogP contribution in [0.5, 0.6) is 0 Å². The predicted octanol–water partition coefficient (Wildman–Crippen LogP) is -3.38. The average molecular weight is 199 g/mol. The summed E-state index contributed by atoms with van der Waals surface area (Å²) >= 11 is 0. The van der Waals surface area contributed by atoms with E-state index in [1.54, 1.807) is 0 Å². The van der Waals surface area contributed by atoms with Crippen molar-refractivity contribution in [3.05, 3.63) is 0 Å². The van der Waals surface area contributed by atoms with E-state index in [0.717, 1.165) is 26.3 Å². The molecule has 1 aliphatic rings. The van der Waals surface area contributed by atoms with Crippen molar-refractivity contribution in [2.45, 2.75) is 6.42 Å². The van der Waals surface area contributed by atoms with Gasteiger partial charge in [0, 0.05) is 19.6 Å². The van der Waals surface area contributed by atoms with Crippen LogP contribution in [0.25, 0.3) is 0 Å². The largest absolute Gasteiger partial charge is 1.00 e. The molecule has 0 saturated carbocycles. The number of hydrogen-bond acceptors (Lipinski definition) is 4. The smallest absolute Gasteiger partial charge is 0.870 e. The molecule has 0 atom stereocenters. The Morgan fingerprint density at radius 3 is 2.38 bits per heavy atom. The summed E-state index contributed by atoms with van der Waals surface area (Å²) in [6.45, 7) is 3.86. The molecular weight excluding hydrogens is 185 g/mol. The molecule has 1 fully saturated rings. The minimum Gasteiger partial charge on any atom is -0.870 e. The number of aliphatic carboxylic acids is 1. The van der Waals surface area contributed by atoms with Gasteiger partial charge in [0.2, 0.25) is 0 Å². The standard InChI is InChI=1S/C7H13NO3.Na.H2O/c9-7(10)1-2-8-3-5-11-6-4-8;;/h1-6H2,(H,9,10);;1H2/q;+1;/p-1. The fourth-order valence-corrected chi connectivity index (χ4v) is 1.08. The van der Waals surface area contributed by atoms with Crippen molar-refractivity contribution < 1.29 is 49.7 Å². The van der Waals surface area contributed by atoms with Crippen molar-refractivity contribution in [3.63, 3.8) is 0 Å². The Hall–Kier alpha value is 0.350. The molecule has 0 amide bonds. The molecule has 0 bridgehead atoms. The first kappa shape index (κ1) is 15.8. The number of morpholine rings is 1. The van der Waals surface area contributed by atoms with Crippen LogP contribution in [-0.4, -0.2) is 54.3 Å². The third-order valence-electron chi connectivity index (χ3n) is 1.75. The molecule has 2 N–H and O–H groups in total. The van der Waals surface area contributed by atoms with Crippen LogP contribution in [0.3, 0.4) is 0 Å². The Labute approximate surface area is 99.6 Å². The van der Waals surface area contributed by atoms with Crippen molar-refractivity contribution >= 4 is 5.97 Å². The second kappa shape index (κ2) is 8.93. The van der Waals surface area contributed by atoms with Crippen LogP contribution in [0.2, 0.25) is 0 Å². The summed E-state index contributed by atoms with van der Waals surface area (Å²) in [6.07, 6.45) is 0.236. The second-order valence-corrected chi connectivity index (χ2v) is 2.60. The molecule has 0 aromatic heterocycles. The zero-order valence-electron chi connectivity index (χ0n) is 7.90. The minimum atomic E-state index is -0.725. The first-order chi connectivity index (χ1) is 5.29. The number of rotatable bonds is 3. The molecule has 1 rings (SSSR count). The summed E-state index contributed by atoms with van der Waals surface area (Å²) in [5, 5.41) is 8.39. The van der Waals surface area contributed by atoms with E-state index < -0.39 is 5.97 Å². The molecule has 0 aromatic carbocycles. The Bertz CT molecular complexity index is 138. The summed E-state index contributed by atoms with van der Waals surface area (Å²) in [5.41, 5.74) is 0. The van der Waals surface area contributed by atoms with E-state index in [1.807, 2.05) is 0 Å². The van der Waals surface area contributed by atoms with Crippen molar-refractivity contribution in [2.24, 2.45) is 0 Å². The van der Waals surface area contributed by atoms with E-state index in [-0.39, 0.29) is 41.5 Å². The van der Waals surface area contributed by atoms with Crippen molar-refractivity contribution in [1.29, 1.82) is 0 Å². The Kier molecular flexibility index (Phi) is 10.9. The molecule has 1 heterocycles. The van der Waals surface area contributed by atoms with Gasteiger partial charge in [-0.05, 0) is 0 Å². The van der Waals surface area contributed by atoms with Gasteiger partial charge in [0.1, 0.15) is 0 Å². The van der Waals surface area contributed by atoms with Crippen molar-refractivity contribution in [1.82, 2.24) is 4.90 Å². The van der Waals surface area contributed by atoms with Gasteiger partial charge in [0.25, 0.3) is 0 Å². The van der Waals surface area contributed by atoms with Gasteiger partial charge in [-0.2, -0.15) is 0 Å². The first-order valence-corrected chi connectivity index (χ1v) is 3.81. The number of nitrogens with zero attached hydrogens (tertiary/aromatic N) is 1. The summed E-state index contributed by atoms with van der Waals surface area (Å²) in [4.78, 5) is 12.3. The first-order valence-electron chi connectivity index (χ1n) is 3.81. The van der Waals surface area contributed by atoms with E-state index in [0.29, 0.717) is 6.54 Å². The number of carboxylic acid groups (broad SMARTS) is 1. The molecule has 0 radical (unpaired) electrons. The third-order valence-corrected chi connectivity index (χ3v) is 1.75. The summed E-state index contributed by atoms with van der Waals surface area (Å²) in [6, 6.07) is 0. The number of ether oxygens (including phenoxy) is 1. The van der Waals surface area contributed by atoms with Gasteiger partial charge in [-0.1, -0.05) is 0 Å². The van der Waals surface area contributed by atoms with Crippen molar-refractivity contribution in [3.8, 4) is 0 Å². The molecule has 6 heteroatoms. The van der Waals surface area contributed by atoms with Crippen LogP contribution < -0.4 is 29.6 Å². The molecule has 72 valence electrons. The van der Waals surface area contributed by atoms with Crippen LogP contribution in [0.1, 0.15) is 6.42 Å². The summed E-state index contributed by atoms with van der Waals surface area (Å²) in [7, 11) is 0. The molecule has 5 nitrogen and oxygen atoms in total. The second-order valence-electron chi connectivity index (χ2n) is 2.60. The molecule has 13 heavy (non-hydrogen) atoms. The molecule has 0 aliphatic carbocycles. The maximum atomic E-state index is 10.2. The number of carbonyl (C=O) groups is 1. The van der Waals surface area contributed by atoms with Gasteiger partial charge in [0.05, 0.1) is 19.6 Å². The monoisotopic (exact) mass is 199 g/mol. The van der Waals surface area contributed by atoms with Crippen LogP contribution in [0.15, 0.2) is 0 Å². The fraction of sp³-hybridized carbons (Fsp3) is 0.857. The van der Waals surface area contributed by atoms with E-state index in [1.165, 1.54) is 0 Å². The minimum absolute atomic E-state index is 0.